The molecule has 1 aromatic carbocycles. The van der Waals surface area contributed by atoms with Gasteiger partial charge in [0.25, 0.3) is 5.91 Å². The standard InChI is InChI=1S/C13H11ClN2O/c14-11-5-2-1-4-10(11)13(6-7-13)12(17)16-9-3-8-15-16/h1-5,8-9H,6-7H2. The first-order valence-electron chi connectivity index (χ1n) is 5.53. The zero-order valence-corrected chi connectivity index (χ0v) is 9.89. The van der Waals surface area contributed by atoms with Crippen LogP contribution >= 0.6 is 11.6 Å². The van der Waals surface area contributed by atoms with Crippen LogP contribution in [-0.4, -0.2) is 15.7 Å². The summed E-state index contributed by atoms with van der Waals surface area (Å²) in [6, 6.07) is 9.29. The average Bonchev–Trinajstić information content (AvgIpc) is 2.96. The molecule has 0 saturated heterocycles. The summed E-state index contributed by atoms with van der Waals surface area (Å²) in [4.78, 5) is 12.4. The molecule has 0 spiro atoms. The maximum absolute atomic E-state index is 12.4. The molecule has 1 heterocycles. The van der Waals surface area contributed by atoms with Crippen molar-refractivity contribution in [3.63, 3.8) is 0 Å². The maximum atomic E-state index is 12.4. The van der Waals surface area contributed by atoms with E-state index in [-0.39, 0.29) is 5.91 Å². The molecular weight excluding hydrogens is 236 g/mol. The van der Waals surface area contributed by atoms with E-state index in [9.17, 15) is 4.79 Å². The molecule has 0 amide bonds. The molecule has 0 aliphatic heterocycles. The van der Waals surface area contributed by atoms with Gasteiger partial charge in [0.1, 0.15) is 0 Å². The van der Waals surface area contributed by atoms with Crippen molar-refractivity contribution in [1.82, 2.24) is 9.78 Å². The minimum atomic E-state index is -0.454. The van der Waals surface area contributed by atoms with E-state index in [0.717, 1.165) is 18.4 Å². The van der Waals surface area contributed by atoms with Crippen LogP contribution in [-0.2, 0) is 5.41 Å². The van der Waals surface area contributed by atoms with Crippen LogP contribution in [0.4, 0.5) is 0 Å². The number of carbonyl (C=O) groups is 1. The Morgan fingerprint density at radius 3 is 2.65 bits per heavy atom. The first-order valence-corrected chi connectivity index (χ1v) is 5.91. The van der Waals surface area contributed by atoms with E-state index in [1.54, 1.807) is 18.5 Å². The molecule has 3 nitrogen and oxygen atoms in total. The van der Waals surface area contributed by atoms with Crippen LogP contribution in [0, 0.1) is 0 Å². The Morgan fingerprint density at radius 1 is 1.29 bits per heavy atom. The molecule has 0 atom stereocenters. The summed E-state index contributed by atoms with van der Waals surface area (Å²) in [5, 5.41) is 4.66. The van der Waals surface area contributed by atoms with Gasteiger partial charge in [0.2, 0.25) is 0 Å². The Balaban J connectivity index is 2.03. The molecule has 1 saturated carbocycles. The lowest BCUT2D eigenvalue weighted by Gasteiger charge is -2.15. The van der Waals surface area contributed by atoms with Crippen LogP contribution in [0.2, 0.25) is 5.02 Å². The second kappa shape index (κ2) is 3.70. The van der Waals surface area contributed by atoms with Gasteiger partial charge in [-0.1, -0.05) is 29.8 Å². The predicted octanol–water partition coefficient (Wildman–Crippen LogP) is 2.91. The zero-order chi connectivity index (χ0) is 11.9. The van der Waals surface area contributed by atoms with Gasteiger partial charge in [0.15, 0.2) is 0 Å². The summed E-state index contributed by atoms with van der Waals surface area (Å²) in [5.74, 6) is 0.00981. The molecule has 1 aliphatic rings. The highest BCUT2D eigenvalue weighted by Crippen LogP contribution is 2.51. The zero-order valence-electron chi connectivity index (χ0n) is 9.14. The van der Waals surface area contributed by atoms with E-state index < -0.39 is 5.41 Å². The van der Waals surface area contributed by atoms with E-state index in [1.807, 2.05) is 24.3 Å². The molecule has 0 N–H and O–H groups in total. The molecule has 3 rings (SSSR count). The molecule has 0 bridgehead atoms. The van der Waals surface area contributed by atoms with Gasteiger partial charge in [0.05, 0.1) is 5.41 Å². The number of halogens is 1. The molecule has 0 radical (unpaired) electrons. The van der Waals surface area contributed by atoms with Crippen LogP contribution < -0.4 is 0 Å². The molecule has 17 heavy (non-hydrogen) atoms. The third kappa shape index (κ3) is 1.58. The number of carbonyl (C=O) groups excluding carboxylic acids is 1. The van der Waals surface area contributed by atoms with Gasteiger partial charge in [-0.05, 0) is 30.5 Å². The van der Waals surface area contributed by atoms with Gasteiger partial charge < -0.3 is 0 Å². The minimum absolute atomic E-state index is 0.00981. The quantitative estimate of drug-likeness (QED) is 0.817. The van der Waals surface area contributed by atoms with E-state index in [0.29, 0.717) is 5.02 Å². The first kappa shape index (κ1) is 10.5. The summed E-state index contributed by atoms with van der Waals surface area (Å²) in [5.41, 5.74) is 0.465. The lowest BCUT2D eigenvalue weighted by atomic mass is 9.95. The fourth-order valence-corrected chi connectivity index (χ4v) is 2.50. The van der Waals surface area contributed by atoms with E-state index >= 15 is 0 Å². The van der Waals surface area contributed by atoms with Gasteiger partial charge in [-0.2, -0.15) is 5.10 Å². The highest BCUT2D eigenvalue weighted by atomic mass is 35.5. The Hall–Kier alpha value is -1.61. The summed E-state index contributed by atoms with van der Waals surface area (Å²) >= 11 is 6.17. The van der Waals surface area contributed by atoms with Gasteiger partial charge >= 0.3 is 0 Å². The number of nitrogens with zero attached hydrogens (tertiary/aromatic N) is 2. The van der Waals surface area contributed by atoms with Crippen LogP contribution in [0.25, 0.3) is 0 Å². The van der Waals surface area contributed by atoms with Crippen molar-refractivity contribution in [3.05, 3.63) is 53.3 Å². The molecular formula is C13H11ClN2O. The van der Waals surface area contributed by atoms with Crippen LogP contribution in [0.15, 0.2) is 42.7 Å². The number of hydrogen-bond acceptors (Lipinski definition) is 2. The number of aromatic nitrogens is 2. The highest BCUT2D eigenvalue weighted by Gasteiger charge is 2.53. The third-order valence-electron chi connectivity index (χ3n) is 3.26. The number of rotatable bonds is 2. The van der Waals surface area contributed by atoms with Gasteiger partial charge in [-0.3, -0.25) is 4.79 Å². The van der Waals surface area contributed by atoms with Crippen molar-refractivity contribution in [2.45, 2.75) is 18.3 Å². The first-order chi connectivity index (χ1) is 8.24. The smallest absolute Gasteiger partial charge is 0.257 e. The fourth-order valence-electron chi connectivity index (χ4n) is 2.18. The van der Waals surface area contributed by atoms with Crippen molar-refractivity contribution < 1.29 is 4.79 Å². The minimum Gasteiger partial charge on any atom is -0.272 e. The van der Waals surface area contributed by atoms with Crippen molar-refractivity contribution >= 4 is 17.5 Å². The Morgan fingerprint density at radius 2 is 2.06 bits per heavy atom. The number of hydrogen-bond donors (Lipinski definition) is 0. The molecule has 86 valence electrons. The molecule has 2 aromatic rings. The molecule has 1 fully saturated rings. The highest BCUT2D eigenvalue weighted by molar-refractivity contribution is 6.31. The lowest BCUT2D eigenvalue weighted by molar-refractivity contribution is 0.0846. The third-order valence-corrected chi connectivity index (χ3v) is 3.59. The van der Waals surface area contributed by atoms with Crippen molar-refractivity contribution in [2.24, 2.45) is 0 Å². The van der Waals surface area contributed by atoms with Crippen LogP contribution in [0.1, 0.15) is 23.2 Å². The monoisotopic (exact) mass is 246 g/mol. The Labute approximate surface area is 104 Å². The topological polar surface area (TPSA) is 34.9 Å². The normalized spacial score (nSPS) is 16.8. The fraction of sp³-hybridized carbons (Fsp3) is 0.231. The average molecular weight is 247 g/mol. The van der Waals surface area contributed by atoms with Crippen molar-refractivity contribution in [1.29, 1.82) is 0 Å². The maximum Gasteiger partial charge on any atom is 0.257 e. The van der Waals surface area contributed by atoms with Gasteiger partial charge in [-0.25, -0.2) is 4.68 Å². The number of benzene rings is 1. The van der Waals surface area contributed by atoms with Crippen LogP contribution in [0.3, 0.4) is 0 Å². The van der Waals surface area contributed by atoms with E-state index in [1.165, 1.54) is 4.68 Å². The Kier molecular flexibility index (Phi) is 2.30. The summed E-state index contributed by atoms with van der Waals surface area (Å²) < 4.78 is 1.40. The van der Waals surface area contributed by atoms with Gasteiger partial charge in [-0.15, -0.1) is 0 Å². The van der Waals surface area contributed by atoms with Crippen LogP contribution in [0.5, 0.6) is 0 Å². The molecule has 1 aliphatic carbocycles. The SMILES string of the molecule is O=C(n1cccn1)C1(c2ccccc2Cl)CC1. The predicted molar refractivity (Wildman–Crippen MR) is 65.2 cm³/mol. The molecule has 1 aromatic heterocycles. The largest absolute Gasteiger partial charge is 0.272 e. The van der Waals surface area contributed by atoms with Crippen molar-refractivity contribution in [2.75, 3.05) is 0 Å². The van der Waals surface area contributed by atoms with E-state index in [2.05, 4.69) is 5.10 Å². The van der Waals surface area contributed by atoms with Crippen molar-refractivity contribution in [3.8, 4) is 0 Å². The molecule has 4 heteroatoms. The second-order valence-corrected chi connectivity index (χ2v) is 4.72. The lowest BCUT2D eigenvalue weighted by Crippen LogP contribution is -2.27. The summed E-state index contributed by atoms with van der Waals surface area (Å²) in [7, 11) is 0. The van der Waals surface area contributed by atoms with Gasteiger partial charge in [0, 0.05) is 17.4 Å². The second-order valence-electron chi connectivity index (χ2n) is 4.32. The summed E-state index contributed by atoms with van der Waals surface area (Å²) in [6.07, 6.45) is 4.98. The Bertz CT molecular complexity index is 559. The van der Waals surface area contributed by atoms with E-state index in [4.69, 9.17) is 11.6 Å². The summed E-state index contributed by atoms with van der Waals surface area (Å²) in [6.45, 7) is 0. The molecule has 0 unspecified atom stereocenters.